The maximum atomic E-state index is 13.2. The molecule has 0 atom stereocenters. The third-order valence-corrected chi connectivity index (χ3v) is 4.82. The highest BCUT2D eigenvalue weighted by Crippen LogP contribution is 2.14. The summed E-state index contributed by atoms with van der Waals surface area (Å²) >= 11 is 0. The van der Waals surface area contributed by atoms with Crippen molar-refractivity contribution in [2.45, 2.75) is 44.7 Å². The summed E-state index contributed by atoms with van der Waals surface area (Å²) in [7, 11) is -3.75. The summed E-state index contributed by atoms with van der Waals surface area (Å²) < 4.78 is 40.1. The molecular weight excluding hydrogens is 305 g/mol. The van der Waals surface area contributed by atoms with E-state index in [9.17, 15) is 12.8 Å². The Hall–Kier alpha value is -1.49. The maximum absolute atomic E-state index is 13.2. The van der Waals surface area contributed by atoms with Crippen LogP contribution in [0.5, 0.6) is 0 Å². The lowest BCUT2D eigenvalue weighted by atomic mass is 10.2. The van der Waals surface area contributed by atoms with Gasteiger partial charge in [0, 0.05) is 25.2 Å². The number of sulfonamides is 1. The van der Waals surface area contributed by atoms with E-state index in [-0.39, 0.29) is 17.0 Å². The van der Waals surface area contributed by atoms with Crippen molar-refractivity contribution in [1.29, 1.82) is 5.26 Å². The lowest BCUT2D eigenvalue weighted by molar-refractivity contribution is 0.179. The first kappa shape index (κ1) is 18.6. The molecule has 122 valence electrons. The standard InChI is InChI=1S/C15H22FN3O2S/c1-11(2)19(12(3)4)8-7-18-22(20,21)14-5-6-15(16)13(9-14)10-17/h5-6,9,11-12,18H,7-8H2,1-4H3. The minimum atomic E-state index is -3.75. The molecule has 1 aromatic carbocycles. The number of rotatable bonds is 7. The Morgan fingerprint density at radius 2 is 1.86 bits per heavy atom. The summed E-state index contributed by atoms with van der Waals surface area (Å²) in [5.74, 6) is -0.729. The molecule has 0 amide bonds. The van der Waals surface area contributed by atoms with Crippen LogP contribution in [0.1, 0.15) is 33.3 Å². The van der Waals surface area contributed by atoms with Crippen LogP contribution in [0.2, 0.25) is 0 Å². The van der Waals surface area contributed by atoms with Gasteiger partial charge >= 0.3 is 0 Å². The third-order valence-electron chi connectivity index (χ3n) is 3.36. The minimum Gasteiger partial charge on any atom is -0.297 e. The zero-order valence-electron chi connectivity index (χ0n) is 13.3. The zero-order valence-corrected chi connectivity index (χ0v) is 14.1. The molecule has 0 radical (unpaired) electrons. The maximum Gasteiger partial charge on any atom is 0.240 e. The summed E-state index contributed by atoms with van der Waals surface area (Å²) in [6.07, 6.45) is 0. The third kappa shape index (κ3) is 4.77. The number of halogens is 1. The van der Waals surface area contributed by atoms with Crippen molar-refractivity contribution >= 4 is 10.0 Å². The van der Waals surface area contributed by atoms with Crippen LogP contribution in [-0.2, 0) is 10.0 Å². The molecule has 5 nitrogen and oxygen atoms in total. The molecule has 1 aromatic rings. The first-order chi connectivity index (χ1) is 10.2. The average Bonchev–Trinajstić information content (AvgIpc) is 2.43. The summed E-state index contributed by atoms with van der Waals surface area (Å²) in [5, 5.41) is 8.77. The molecule has 0 aliphatic heterocycles. The Morgan fingerprint density at radius 3 is 2.36 bits per heavy atom. The fraction of sp³-hybridized carbons (Fsp3) is 0.533. The van der Waals surface area contributed by atoms with Gasteiger partial charge in [0.2, 0.25) is 10.0 Å². The fourth-order valence-corrected chi connectivity index (χ4v) is 3.31. The van der Waals surface area contributed by atoms with Crippen LogP contribution < -0.4 is 4.72 Å². The summed E-state index contributed by atoms with van der Waals surface area (Å²) in [6, 6.07) is 5.43. The van der Waals surface area contributed by atoms with Gasteiger partial charge in [0.1, 0.15) is 11.9 Å². The molecule has 0 aliphatic carbocycles. The first-order valence-corrected chi connectivity index (χ1v) is 8.62. The second-order valence-corrected chi connectivity index (χ2v) is 7.34. The monoisotopic (exact) mass is 327 g/mol. The Balaban J connectivity index is 2.79. The highest BCUT2D eigenvalue weighted by atomic mass is 32.2. The number of benzene rings is 1. The highest BCUT2D eigenvalue weighted by Gasteiger charge is 2.18. The molecule has 0 saturated heterocycles. The molecule has 1 rings (SSSR count). The SMILES string of the molecule is CC(C)N(CCNS(=O)(=O)c1ccc(F)c(C#N)c1)C(C)C. The van der Waals surface area contributed by atoms with Crippen molar-refractivity contribution in [2.75, 3.05) is 13.1 Å². The van der Waals surface area contributed by atoms with Crippen LogP contribution in [-0.4, -0.2) is 38.5 Å². The second kappa shape index (κ2) is 7.68. The number of nitrogens with zero attached hydrogens (tertiary/aromatic N) is 2. The Kier molecular flexibility index (Phi) is 6.48. The summed E-state index contributed by atoms with van der Waals surface area (Å²) in [5.41, 5.74) is -0.283. The van der Waals surface area contributed by atoms with Crippen molar-refractivity contribution in [3.8, 4) is 6.07 Å². The number of hydrogen-bond donors (Lipinski definition) is 1. The van der Waals surface area contributed by atoms with Gasteiger partial charge in [0.05, 0.1) is 10.5 Å². The largest absolute Gasteiger partial charge is 0.297 e. The van der Waals surface area contributed by atoms with Crippen molar-refractivity contribution in [1.82, 2.24) is 9.62 Å². The minimum absolute atomic E-state index is 0.105. The van der Waals surface area contributed by atoms with Crippen LogP contribution in [0.3, 0.4) is 0 Å². The molecule has 7 heteroatoms. The molecule has 0 spiro atoms. The average molecular weight is 327 g/mol. The second-order valence-electron chi connectivity index (χ2n) is 5.58. The molecule has 1 N–H and O–H groups in total. The van der Waals surface area contributed by atoms with E-state index in [1.54, 1.807) is 6.07 Å². The van der Waals surface area contributed by atoms with E-state index in [1.807, 2.05) is 27.7 Å². The molecule has 0 aromatic heterocycles. The fourth-order valence-electron chi connectivity index (χ4n) is 2.26. The molecular formula is C15H22FN3O2S. The van der Waals surface area contributed by atoms with Gasteiger partial charge in [-0.15, -0.1) is 0 Å². The van der Waals surface area contributed by atoms with Crippen molar-refractivity contribution in [2.24, 2.45) is 0 Å². The molecule has 0 unspecified atom stereocenters. The predicted molar refractivity (Wildman–Crippen MR) is 83.3 cm³/mol. The van der Waals surface area contributed by atoms with E-state index in [1.165, 1.54) is 0 Å². The Labute approximate surface area is 131 Å². The molecule has 0 bridgehead atoms. The quantitative estimate of drug-likeness (QED) is 0.832. The van der Waals surface area contributed by atoms with Gasteiger partial charge in [0.15, 0.2) is 0 Å². The zero-order chi connectivity index (χ0) is 16.9. The van der Waals surface area contributed by atoms with Gasteiger partial charge in [-0.05, 0) is 45.9 Å². The van der Waals surface area contributed by atoms with Gasteiger partial charge in [0.25, 0.3) is 0 Å². The molecule has 22 heavy (non-hydrogen) atoms. The van der Waals surface area contributed by atoms with Gasteiger partial charge in [-0.3, -0.25) is 4.90 Å². The Morgan fingerprint density at radius 1 is 1.27 bits per heavy atom. The number of hydrogen-bond acceptors (Lipinski definition) is 4. The summed E-state index contributed by atoms with van der Waals surface area (Å²) in [4.78, 5) is 2.06. The van der Waals surface area contributed by atoms with E-state index < -0.39 is 15.8 Å². The predicted octanol–water partition coefficient (Wildman–Crippen LogP) is 2.09. The van der Waals surface area contributed by atoms with Gasteiger partial charge in [-0.2, -0.15) is 5.26 Å². The van der Waals surface area contributed by atoms with E-state index in [0.29, 0.717) is 18.6 Å². The van der Waals surface area contributed by atoms with Crippen LogP contribution in [0.4, 0.5) is 4.39 Å². The lowest BCUT2D eigenvalue weighted by Gasteiger charge is -2.30. The Bertz CT molecular complexity index is 643. The van der Waals surface area contributed by atoms with Crippen LogP contribution in [0.25, 0.3) is 0 Å². The van der Waals surface area contributed by atoms with Crippen molar-refractivity contribution < 1.29 is 12.8 Å². The van der Waals surface area contributed by atoms with E-state index in [4.69, 9.17) is 5.26 Å². The van der Waals surface area contributed by atoms with Crippen molar-refractivity contribution in [3.05, 3.63) is 29.6 Å². The molecule has 0 saturated carbocycles. The molecule has 0 fully saturated rings. The van der Waals surface area contributed by atoms with Crippen LogP contribution in [0, 0.1) is 17.1 Å². The van der Waals surface area contributed by atoms with E-state index in [2.05, 4.69) is 9.62 Å². The normalized spacial score (nSPS) is 12.1. The summed E-state index contributed by atoms with van der Waals surface area (Å²) in [6.45, 7) is 9.02. The van der Waals surface area contributed by atoms with E-state index in [0.717, 1.165) is 18.2 Å². The van der Waals surface area contributed by atoms with Gasteiger partial charge in [-0.25, -0.2) is 17.5 Å². The topological polar surface area (TPSA) is 73.2 Å². The number of nitriles is 1. The number of nitrogens with one attached hydrogen (secondary N) is 1. The van der Waals surface area contributed by atoms with Crippen molar-refractivity contribution in [3.63, 3.8) is 0 Å². The lowest BCUT2D eigenvalue weighted by Crippen LogP contribution is -2.42. The van der Waals surface area contributed by atoms with Crippen LogP contribution in [0.15, 0.2) is 23.1 Å². The van der Waals surface area contributed by atoms with Crippen LogP contribution >= 0.6 is 0 Å². The molecule has 0 aliphatic rings. The first-order valence-electron chi connectivity index (χ1n) is 7.14. The van der Waals surface area contributed by atoms with Gasteiger partial charge in [-0.1, -0.05) is 0 Å². The highest BCUT2D eigenvalue weighted by molar-refractivity contribution is 7.89. The van der Waals surface area contributed by atoms with Gasteiger partial charge < -0.3 is 0 Å². The smallest absolute Gasteiger partial charge is 0.240 e. The molecule has 0 heterocycles. The van der Waals surface area contributed by atoms with E-state index >= 15 is 0 Å².